The second kappa shape index (κ2) is 12.4. The largest absolute Gasteiger partial charge is 0.380 e. The van der Waals surface area contributed by atoms with Crippen LogP contribution in [0.15, 0.2) is 89.5 Å². The summed E-state index contributed by atoms with van der Waals surface area (Å²) in [5.74, 6) is -1.86. The van der Waals surface area contributed by atoms with Gasteiger partial charge in [-0.25, -0.2) is 0 Å². The number of aliphatic hydroxyl groups is 1. The Labute approximate surface area is 251 Å². The number of Topliss-reactive ketones (excluding diaryl/α,β-unsaturated/α-hetero) is 1. The minimum absolute atomic E-state index is 0.0342. The van der Waals surface area contributed by atoms with Gasteiger partial charge < -0.3 is 25.6 Å². The minimum atomic E-state index is -1.66. The van der Waals surface area contributed by atoms with E-state index in [0.717, 1.165) is 0 Å². The van der Waals surface area contributed by atoms with E-state index in [4.69, 9.17) is 4.52 Å². The van der Waals surface area contributed by atoms with E-state index in [1.54, 1.807) is 66.7 Å². The Morgan fingerprint density at radius 2 is 1.55 bits per heavy atom. The molecule has 218 valence electrons. The van der Waals surface area contributed by atoms with Crippen LogP contribution in [0.25, 0.3) is 22.1 Å². The number of nitrogens with one attached hydrogen (secondary N) is 3. The van der Waals surface area contributed by atoms with E-state index in [-0.39, 0.29) is 45.5 Å². The van der Waals surface area contributed by atoms with E-state index in [0.29, 0.717) is 27.9 Å². The summed E-state index contributed by atoms with van der Waals surface area (Å²) < 4.78 is 5.44. The first kappa shape index (κ1) is 29.4. The van der Waals surface area contributed by atoms with Gasteiger partial charge in [0, 0.05) is 48.0 Å². The maximum Gasteiger partial charge on any atom is 0.278 e. The van der Waals surface area contributed by atoms with Gasteiger partial charge in [-0.15, -0.1) is 0 Å². The van der Waals surface area contributed by atoms with E-state index in [1.165, 1.54) is 32.0 Å². The van der Waals surface area contributed by atoms with Crippen molar-refractivity contribution in [3.8, 4) is 17.2 Å². The van der Waals surface area contributed by atoms with Crippen molar-refractivity contribution in [3.63, 3.8) is 0 Å². The van der Waals surface area contributed by atoms with Crippen LogP contribution in [0.1, 0.15) is 51.9 Å². The molecular formula is C33H25N5O6. The van der Waals surface area contributed by atoms with Gasteiger partial charge in [-0.3, -0.25) is 19.2 Å². The fourth-order valence-corrected chi connectivity index (χ4v) is 4.67. The zero-order chi connectivity index (χ0) is 31.4. The smallest absolute Gasteiger partial charge is 0.278 e. The highest BCUT2D eigenvalue weighted by molar-refractivity contribution is 6.13. The van der Waals surface area contributed by atoms with Crippen LogP contribution in [-0.4, -0.2) is 33.8 Å². The zero-order valence-corrected chi connectivity index (χ0v) is 23.5. The van der Waals surface area contributed by atoms with Crippen LogP contribution in [0.2, 0.25) is 0 Å². The summed E-state index contributed by atoms with van der Waals surface area (Å²) >= 11 is 0. The fraction of sp³-hybridized carbons (Fsp3) is 0.0909. The number of nitriles is 1. The standard InChI is InChI=1S/C33H25N5O6/c1-18(39)35-23-11-9-21(10-12-23)24-15-26-29(16-28(24)36-19(2)40)44-38-30(26)33(43)37-27-13-8-20(17-34)14-25(27)32(42)31(41)22-6-4-3-5-7-22/h3-16,32,42H,1-2H3,(H,35,39)(H,36,40)(H,37,43). The van der Waals surface area contributed by atoms with E-state index < -0.39 is 17.8 Å². The average molecular weight is 588 g/mol. The lowest BCUT2D eigenvalue weighted by atomic mass is 9.97. The second-order valence-corrected chi connectivity index (χ2v) is 9.87. The molecule has 0 aliphatic heterocycles. The van der Waals surface area contributed by atoms with Crippen LogP contribution < -0.4 is 16.0 Å². The Morgan fingerprint density at radius 1 is 0.841 bits per heavy atom. The van der Waals surface area contributed by atoms with Crippen LogP contribution in [0.3, 0.4) is 0 Å². The van der Waals surface area contributed by atoms with Crippen LogP contribution in [-0.2, 0) is 9.59 Å². The third-order valence-electron chi connectivity index (χ3n) is 6.68. The molecule has 0 aliphatic carbocycles. The summed E-state index contributed by atoms with van der Waals surface area (Å²) in [6, 6.07) is 24.4. The molecule has 3 amide bonds. The average Bonchev–Trinajstić information content (AvgIpc) is 3.43. The highest BCUT2D eigenvalue weighted by Crippen LogP contribution is 2.35. The number of aliphatic hydroxyl groups excluding tert-OH is 1. The predicted octanol–water partition coefficient (Wildman–Crippen LogP) is 5.45. The topological polar surface area (TPSA) is 174 Å². The molecule has 0 spiro atoms. The molecular weight excluding hydrogens is 562 g/mol. The van der Waals surface area contributed by atoms with Crippen LogP contribution >= 0.6 is 0 Å². The van der Waals surface area contributed by atoms with Gasteiger partial charge in [0.2, 0.25) is 11.8 Å². The Kier molecular flexibility index (Phi) is 8.28. The molecule has 1 heterocycles. The normalized spacial score (nSPS) is 11.3. The molecule has 0 bridgehead atoms. The lowest BCUT2D eigenvalue weighted by Crippen LogP contribution is -2.18. The molecule has 11 nitrogen and oxygen atoms in total. The number of fused-ring (bicyclic) bond motifs is 1. The summed E-state index contributed by atoms with van der Waals surface area (Å²) in [7, 11) is 0. The van der Waals surface area contributed by atoms with Gasteiger partial charge in [0.05, 0.1) is 22.7 Å². The van der Waals surface area contributed by atoms with Crippen molar-refractivity contribution in [1.29, 1.82) is 5.26 Å². The molecule has 1 atom stereocenters. The number of ketones is 1. The molecule has 5 rings (SSSR count). The van der Waals surface area contributed by atoms with Gasteiger partial charge in [0.15, 0.2) is 17.1 Å². The van der Waals surface area contributed by atoms with Gasteiger partial charge in [0.25, 0.3) is 5.91 Å². The molecule has 4 aromatic carbocycles. The Morgan fingerprint density at radius 3 is 2.20 bits per heavy atom. The number of carbonyl (C=O) groups excluding carboxylic acids is 4. The molecule has 0 saturated heterocycles. The monoisotopic (exact) mass is 587 g/mol. The zero-order valence-electron chi connectivity index (χ0n) is 23.5. The summed E-state index contributed by atoms with van der Waals surface area (Å²) in [5, 5.41) is 32.8. The summed E-state index contributed by atoms with van der Waals surface area (Å²) in [6.07, 6.45) is -1.66. The molecule has 44 heavy (non-hydrogen) atoms. The highest BCUT2D eigenvalue weighted by atomic mass is 16.5. The van der Waals surface area contributed by atoms with E-state index in [1.807, 2.05) is 6.07 Å². The van der Waals surface area contributed by atoms with E-state index in [9.17, 15) is 29.5 Å². The molecule has 4 N–H and O–H groups in total. The maximum atomic E-state index is 13.5. The molecule has 0 aliphatic rings. The Balaban J connectivity index is 1.52. The number of hydrogen-bond donors (Lipinski definition) is 4. The lowest BCUT2D eigenvalue weighted by molar-refractivity contribution is -0.115. The predicted molar refractivity (Wildman–Crippen MR) is 163 cm³/mol. The third-order valence-corrected chi connectivity index (χ3v) is 6.68. The van der Waals surface area contributed by atoms with Crippen LogP contribution in [0, 0.1) is 11.3 Å². The van der Waals surface area contributed by atoms with Crippen molar-refractivity contribution in [1.82, 2.24) is 5.16 Å². The van der Waals surface area contributed by atoms with Crippen LogP contribution in [0.5, 0.6) is 0 Å². The molecule has 0 saturated carbocycles. The SMILES string of the molecule is CC(=O)Nc1ccc(-c2cc3c(C(=O)Nc4ccc(C#N)cc4C(O)C(=O)c4ccccc4)noc3cc2NC(C)=O)cc1. The quantitative estimate of drug-likeness (QED) is 0.173. The number of rotatable bonds is 8. The molecule has 11 heteroatoms. The Hall–Kier alpha value is -6.12. The van der Waals surface area contributed by atoms with Crippen molar-refractivity contribution in [2.75, 3.05) is 16.0 Å². The number of benzene rings is 4. The first-order valence-corrected chi connectivity index (χ1v) is 13.4. The maximum absolute atomic E-state index is 13.5. The first-order valence-electron chi connectivity index (χ1n) is 13.4. The van der Waals surface area contributed by atoms with Crippen molar-refractivity contribution in [3.05, 3.63) is 107 Å². The molecule has 1 aromatic heterocycles. The van der Waals surface area contributed by atoms with Crippen molar-refractivity contribution in [2.45, 2.75) is 20.0 Å². The number of carbonyl (C=O) groups is 4. The summed E-state index contributed by atoms with van der Waals surface area (Å²) in [5.41, 5.74) is 2.94. The van der Waals surface area contributed by atoms with Gasteiger partial charge in [-0.1, -0.05) is 47.6 Å². The van der Waals surface area contributed by atoms with Crippen molar-refractivity contribution < 1.29 is 28.8 Å². The summed E-state index contributed by atoms with van der Waals surface area (Å²) in [6.45, 7) is 2.76. The second-order valence-electron chi connectivity index (χ2n) is 9.87. The van der Waals surface area contributed by atoms with Gasteiger partial charge in [-0.05, 0) is 42.0 Å². The van der Waals surface area contributed by atoms with Crippen molar-refractivity contribution >= 4 is 51.5 Å². The third kappa shape index (κ3) is 6.20. The number of hydrogen-bond acceptors (Lipinski definition) is 8. The molecule has 0 radical (unpaired) electrons. The van der Waals surface area contributed by atoms with Gasteiger partial charge in [-0.2, -0.15) is 5.26 Å². The van der Waals surface area contributed by atoms with Gasteiger partial charge in [0.1, 0.15) is 6.10 Å². The molecule has 1 unspecified atom stereocenters. The van der Waals surface area contributed by atoms with Gasteiger partial charge >= 0.3 is 0 Å². The van der Waals surface area contributed by atoms with E-state index >= 15 is 0 Å². The number of nitrogens with zero attached hydrogens (tertiary/aromatic N) is 2. The van der Waals surface area contributed by atoms with Crippen LogP contribution in [0.4, 0.5) is 17.1 Å². The first-order chi connectivity index (χ1) is 21.1. The number of amides is 3. The number of aromatic nitrogens is 1. The minimum Gasteiger partial charge on any atom is -0.380 e. The van der Waals surface area contributed by atoms with E-state index in [2.05, 4.69) is 21.1 Å². The fourth-order valence-electron chi connectivity index (χ4n) is 4.67. The Bertz CT molecular complexity index is 1960. The van der Waals surface area contributed by atoms with Crippen molar-refractivity contribution in [2.24, 2.45) is 0 Å². The highest BCUT2D eigenvalue weighted by Gasteiger charge is 2.25. The molecule has 5 aromatic rings. The lowest BCUT2D eigenvalue weighted by Gasteiger charge is -2.16. The summed E-state index contributed by atoms with van der Waals surface area (Å²) in [4.78, 5) is 49.9. The number of anilines is 3. The molecule has 0 fully saturated rings.